The SMILES string of the molecule is CC1CCCN(CC(C)NC(=O)c2ccc(S(=O)(=O)N(C)C3CCCCC3)cc2)C1. The van der Waals surface area contributed by atoms with Crippen molar-refractivity contribution in [3.8, 4) is 0 Å². The van der Waals surface area contributed by atoms with Gasteiger partial charge in [-0.3, -0.25) is 4.79 Å². The maximum atomic E-state index is 13.0. The van der Waals surface area contributed by atoms with Crippen LogP contribution in [-0.2, 0) is 10.0 Å². The number of sulfonamides is 1. The van der Waals surface area contributed by atoms with Gasteiger partial charge in [0.15, 0.2) is 0 Å². The minimum absolute atomic E-state index is 0.0450. The van der Waals surface area contributed by atoms with Gasteiger partial charge in [0, 0.05) is 37.8 Å². The van der Waals surface area contributed by atoms with E-state index in [0.717, 1.165) is 45.3 Å². The third kappa shape index (κ3) is 5.83. The maximum absolute atomic E-state index is 13.0. The molecule has 1 N–H and O–H groups in total. The van der Waals surface area contributed by atoms with Gasteiger partial charge in [0.2, 0.25) is 10.0 Å². The molecule has 7 heteroatoms. The summed E-state index contributed by atoms with van der Waals surface area (Å²) in [5.41, 5.74) is 0.494. The number of benzene rings is 1. The van der Waals surface area contributed by atoms with Crippen molar-refractivity contribution in [2.24, 2.45) is 5.92 Å². The van der Waals surface area contributed by atoms with Gasteiger partial charge < -0.3 is 10.2 Å². The zero-order chi connectivity index (χ0) is 21.7. The van der Waals surface area contributed by atoms with Crippen LogP contribution in [0.15, 0.2) is 29.2 Å². The van der Waals surface area contributed by atoms with Gasteiger partial charge in [-0.05, 0) is 69.3 Å². The molecule has 2 unspecified atom stereocenters. The minimum atomic E-state index is -3.53. The molecule has 2 aliphatic rings. The highest BCUT2D eigenvalue weighted by Gasteiger charge is 2.29. The predicted molar refractivity (Wildman–Crippen MR) is 120 cm³/mol. The molecule has 1 aromatic carbocycles. The zero-order valence-corrected chi connectivity index (χ0v) is 19.5. The van der Waals surface area contributed by atoms with Crippen molar-refractivity contribution >= 4 is 15.9 Å². The Morgan fingerprint density at radius 1 is 1.13 bits per heavy atom. The molecule has 6 nitrogen and oxygen atoms in total. The molecule has 2 fully saturated rings. The summed E-state index contributed by atoms with van der Waals surface area (Å²) in [5.74, 6) is 0.556. The van der Waals surface area contributed by atoms with Crippen LogP contribution in [0.3, 0.4) is 0 Å². The second-order valence-corrected chi connectivity index (χ2v) is 11.2. The van der Waals surface area contributed by atoms with Crippen LogP contribution in [0.25, 0.3) is 0 Å². The van der Waals surface area contributed by atoms with Crippen LogP contribution in [-0.4, -0.2) is 62.3 Å². The summed E-state index contributed by atoms with van der Waals surface area (Å²) in [6, 6.07) is 6.47. The lowest BCUT2D eigenvalue weighted by Gasteiger charge is -2.32. The zero-order valence-electron chi connectivity index (χ0n) is 18.6. The van der Waals surface area contributed by atoms with Crippen LogP contribution in [0, 0.1) is 5.92 Å². The molecule has 1 aliphatic heterocycles. The van der Waals surface area contributed by atoms with Crippen LogP contribution in [0.5, 0.6) is 0 Å². The van der Waals surface area contributed by atoms with Gasteiger partial charge in [-0.2, -0.15) is 4.31 Å². The predicted octanol–water partition coefficient (Wildman–Crippen LogP) is 3.49. The number of carbonyl (C=O) groups excluding carboxylic acids is 1. The molecular formula is C23H37N3O3S. The van der Waals surface area contributed by atoms with Crippen molar-refractivity contribution in [1.82, 2.24) is 14.5 Å². The van der Waals surface area contributed by atoms with E-state index in [2.05, 4.69) is 17.1 Å². The molecule has 1 aliphatic carbocycles. The van der Waals surface area contributed by atoms with Crippen molar-refractivity contribution in [1.29, 1.82) is 0 Å². The van der Waals surface area contributed by atoms with E-state index in [0.29, 0.717) is 11.5 Å². The summed E-state index contributed by atoms with van der Waals surface area (Å²) in [6.45, 7) is 7.31. The molecular weight excluding hydrogens is 398 g/mol. The van der Waals surface area contributed by atoms with Gasteiger partial charge in [0.1, 0.15) is 0 Å². The number of hydrogen-bond acceptors (Lipinski definition) is 4. The van der Waals surface area contributed by atoms with Crippen molar-refractivity contribution < 1.29 is 13.2 Å². The molecule has 0 bridgehead atoms. The molecule has 0 spiro atoms. The molecule has 1 saturated carbocycles. The van der Waals surface area contributed by atoms with Crippen LogP contribution < -0.4 is 5.32 Å². The Balaban J connectivity index is 1.58. The number of nitrogens with one attached hydrogen (secondary N) is 1. The van der Waals surface area contributed by atoms with E-state index in [1.807, 2.05) is 6.92 Å². The van der Waals surface area contributed by atoms with Gasteiger partial charge in [-0.1, -0.05) is 26.2 Å². The fourth-order valence-electron chi connectivity index (χ4n) is 4.78. The second-order valence-electron chi connectivity index (χ2n) is 9.22. The van der Waals surface area contributed by atoms with Gasteiger partial charge in [-0.25, -0.2) is 8.42 Å². The van der Waals surface area contributed by atoms with E-state index in [-0.39, 0.29) is 22.9 Å². The van der Waals surface area contributed by atoms with E-state index in [1.54, 1.807) is 31.3 Å². The number of rotatable bonds is 7. The summed E-state index contributed by atoms with van der Waals surface area (Å²) in [7, 11) is -1.86. The first-order valence-corrected chi connectivity index (χ1v) is 12.8. The smallest absolute Gasteiger partial charge is 0.251 e. The molecule has 0 aromatic heterocycles. The lowest BCUT2D eigenvalue weighted by Crippen LogP contribution is -2.45. The first-order chi connectivity index (χ1) is 14.3. The summed E-state index contributed by atoms with van der Waals surface area (Å²) in [5, 5.41) is 3.05. The average molecular weight is 436 g/mol. The minimum Gasteiger partial charge on any atom is -0.348 e. The van der Waals surface area contributed by atoms with Crippen molar-refractivity contribution in [3.05, 3.63) is 29.8 Å². The molecule has 30 heavy (non-hydrogen) atoms. The first kappa shape index (κ1) is 23.2. The van der Waals surface area contributed by atoms with Crippen LogP contribution >= 0.6 is 0 Å². The Morgan fingerprint density at radius 3 is 2.43 bits per heavy atom. The number of hydrogen-bond donors (Lipinski definition) is 1. The van der Waals surface area contributed by atoms with E-state index >= 15 is 0 Å². The Morgan fingerprint density at radius 2 is 1.80 bits per heavy atom. The fraction of sp³-hybridized carbons (Fsp3) is 0.696. The Bertz CT molecular complexity index is 803. The number of piperidine rings is 1. The Labute approximate surface area is 182 Å². The van der Waals surface area contributed by atoms with Gasteiger partial charge in [0.25, 0.3) is 5.91 Å². The lowest BCUT2D eigenvalue weighted by atomic mass is 9.96. The van der Waals surface area contributed by atoms with Gasteiger partial charge in [0.05, 0.1) is 4.90 Å². The van der Waals surface area contributed by atoms with E-state index in [1.165, 1.54) is 23.6 Å². The number of amides is 1. The Hall–Kier alpha value is -1.44. The summed E-state index contributed by atoms with van der Waals surface area (Å²) < 4.78 is 27.4. The monoisotopic (exact) mass is 435 g/mol. The molecule has 2 atom stereocenters. The topological polar surface area (TPSA) is 69.7 Å². The average Bonchev–Trinajstić information content (AvgIpc) is 2.73. The first-order valence-electron chi connectivity index (χ1n) is 11.4. The summed E-state index contributed by atoms with van der Waals surface area (Å²) >= 11 is 0. The molecule has 1 heterocycles. The van der Waals surface area contributed by atoms with Crippen molar-refractivity contribution in [2.45, 2.75) is 75.8 Å². The van der Waals surface area contributed by atoms with E-state index in [9.17, 15) is 13.2 Å². The van der Waals surface area contributed by atoms with E-state index in [4.69, 9.17) is 0 Å². The quantitative estimate of drug-likeness (QED) is 0.712. The molecule has 168 valence electrons. The highest BCUT2D eigenvalue weighted by Crippen LogP contribution is 2.26. The Kier molecular flexibility index (Phi) is 7.93. The maximum Gasteiger partial charge on any atom is 0.251 e. The van der Waals surface area contributed by atoms with Crippen LogP contribution in [0.4, 0.5) is 0 Å². The van der Waals surface area contributed by atoms with Gasteiger partial charge >= 0.3 is 0 Å². The fourth-order valence-corrected chi connectivity index (χ4v) is 6.19. The molecule has 1 saturated heterocycles. The third-order valence-corrected chi connectivity index (χ3v) is 8.46. The summed E-state index contributed by atoms with van der Waals surface area (Å²) in [6.07, 6.45) is 7.68. The number of likely N-dealkylation sites (tertiary alicyclic amines) is 1. The number of carbonyl (C=O) groups is 1. The largest absolute Gasteiger partial charge is 0.348 e. The van der Waals surface area contributed by atoms with E-state index < -0.39 is 10.0 Å². The standard InChI is InChI=1S/C23H37N3O3S/c1-18-8-7-15-26(16-18)17-19(2)24-23(27)20-11-13-22(14-12-20)30(28,29)25(3)21-9-5-4-6-10-21/h11-14,18-19,21H,4-10,15-17H2,1-3H3,(H,24,27). The molecule has 0 radical (unpaired) electrons. The molecule has 3 rings (SSSR count). The van der Waals surface area contributed by atoms with Crippen LogP contribution in [0.1, 0.15) is 69.2 Å². The highest BCUT2D eigenvalue weighted by molar-refractivity contribution is 7.89. The van der Waals surface area contributed by atoms with Crippen molar-refractivity contribution in [3.63, 3.8) is 0 Å². The highest BCUT2D eigenvalue weighted by atomic mass is 32.2. The normalized spacial score (nSPS) is 22.7. The van der Waals surface area contributed by atoms with Crippen LogP contribution in [0.2, 0.25) is 0 Å². The van der Waals surface area contributed by atoms with Gasteiger partial charge in [-0.15, -0.1) is 0 Å². The number of nitrogens with zero attached hydrogens (tertiary/aromatic N) is 2. The lowest BCUT2D eigenvalue weighted by molar-refractivity contribution is 0.0920. The molecule has 1 aromatic rings. The third-order valence-electron chi connectivity index (χ3n) is 6.53. The molecule has 1 amide bonds. The second kappa shape index (κ2) is 10.2. The summed E-state index contributed by atoms with van der Waals surface area (Å²) in [4.78, 5) is 15.3. The van der Waals surface area contributed by atoms with Crippen molar-refractivity contribution in [2.75, 3.05) is 26.7 Å².